The summed E-state index contributed by atoms with van der Waals surface area (Å²) in [5, 5.41) is 0.794. The van der Waals surface area contributed by atoms with Crippen LogP contribution in [0.15, 0.2) is 30.3 Å². The molecule has 0 aromatic heterocycles. The number of hydrogen-bond donors (Lipinski definition) is 3. The lowest BCUT2D eigenvalue weighted by molar-refractivity contribution is 0.381. The third-order valence-electron chi connectivity index (χ3n) is 2.29. The maximum absolute atomic E-state index is 8.74. The van der Waals surface area contributed by atoms with E-state index >= 15 is 0 Å². The maximum atomic E-state index is 8.74. The molecule has 0 saturated heterocycles. The second-order valence-corrected chi connectivity index (χ2v) is 5.63. The van der Waals surface area contributed by atoms with Gasteiger partial charge in [0.2, 0.25) is 0 Å². The van der Waals surface area contributed by atoms with E-state index in [1.807, 2.05) is 30.3 Å². The molecule has 0 amide bonds. The van der Waals surface area contributed by atoms with E-state index in [4.69, 9.17) is 34.9 Å². The van der Waals surface area contributed by atoms with Crippen LogP contribution in [0.5, 0.6) is 0 Å². The summed E-state index contributed by atoms with van der Waals surface area (Å²) >= 11 is 5.54. The highest BCUT2D eigenvalue weighted by Gasteiger charge is 1.86. The van der Waals surface area contributed by atoms with E-state index in [1.54, 1.807) is 0 Å². The number of hydrogen-bond acceptors (Lipinski definition) is 3. The lowest BCUT2D eigenvalue weighted by atomic mass is 10.1. The van der Waals surface area contributed by atoms with Crippen LogP contribution < -0.4 is 5.73 Å². The molecule has 0 aliphatic heterocycles. The molecule has 0 spiro atoms. The van der Waals surface area contributed by atoms with Crippen molar-refractivity contribution in [1.82, 2.24) is 0 Å². The van der Waals surface area contributed by atoms with Crippen molar-refractivity contribution in [2.75, 3.05) is 6.54 Å². The Hall–Kier alpha value is -0.660. The first kappa shape index (κ1) is 22.6. The fourth-order valence-corrected chi connectivity index (χ4v) is 1.48. The Kier molecular flexibility index (Phi) is 16.9. The van der Waals surface area contributed by atoms with Crippen molar-refractivity contribution in [2.45, 2.75) is 45.4 Å². The predicted molar refractivity (Wildman–Crippen MR) is 88.1 cm³/mol. The molecule has 21 heavy (non-hydrogen) atoms. The normalized spacial score (nSPS) is 9.95. The van der Waals surface area contributed by atoms with Gasteiger partial charge in [-0.1, -0.05) is 68.8 Å². The van der Waals surface area contributed by atoms with E-state index < -0.39 is 10.4 Å². The second kappa shape index (κ2) is 15.7. The topological polar surface area (TPSA) is 101 Å². The first-order valence-corrected chi connectivity index (χ1v) is 8.69. The molecule has 5 nitrogen and oxygen atoms in total. The molecule has 0 heterocycles. The summed E-state index contributed by atoms with van der Waals surface area (Å²) in [5.74, 6) is 0. The number of rotatable bonds is 6. The summed E-state index contributed by atoms with van der Waals surface area (Å²) in [7, 11) is -4.67. The van der Waals surface area contributed by atoms with Gasteiger partial charge in [0.25, 0.3) is 0 Å². The first-order valence-electron chi connectivity index (χ1n) is 6.91. The quantitative estimate of drug-likeness (QED) is 0.537. The van der Waals surface area contributed by atoms with Crippen LogP contribution in [-0.2, 0) is 10.4 Å². The average molecular weight is 340 g/mol. The summed E-state index contributed by atoms with van der Waals surface area (Å²) < 4.78 is 31.6. The van der Waals surface area contributed by atoms with E-state index in [9.17, 15) is 0 Å². The number of halogens is 1. The summed E-state index contributed by atoms with van der Waals surface area (Å²) in [6.45, 7) is 3.11. The van der Waals surface area contributed by atoms with Crippen LogP contribution in [0.3, 0.4) is 0 Å². The number of benzene rings is 1. The van der Waals surface area contributed by atoms with Gasteiger partial charge in [-0.15, -0.1) is 0 Å². The largest absolute Gasteiger partial charge is 0.394 e. The minimum absolute atomic E-state index is 0.794. The summed E-state index contributed by atoms with van der Waals surface area (Å²) in [6.07, 6.45) is 8.05. The fraction of sp³-hybridized carbons (Fsp3) is 0.571. The van der Waals surface area contributed by atoms with Crippen LogP contribution in [0.4, 0.5) is 0 Å². The molecule has 0 atom stereocenters. The van der Waals surface area contributed by atoms with Gasteiger partial charge in [-0.2, -0.15) is 8.42 Å². The molecule has 0 bridgehead atoms. The van der Waals surface area contributed by atoms with Crippen molar-refractivity contribution >= 4 is 22.0 Å². The average Bonchev–Trinajstić information content (AvgIpc) is 2.38. The summed E-state index contributed by atoms with van der Waals surface area (Å²) in [6, 6.07) is 9.44. The zero-order valence-electron chi connectivity index (χ0n) is 12.4. The van der Waals surface area contributed by atoms with Crippen LogP contribution in [-0.4, -0.2) is 24.1 Å². The van der Waals surface area contributed by atoms with Crippen LogP contribution in [0.2, 0.25) is 5.02 Å². The minimum atomic E-state index is -4.67. The SMILES string of the molecule is CCCCCCCCN.Clc1ccccc1.O=S(=O)(O)O. The molecule has 4 N–H and O–H groups in total. The molecule has 0 saturated carbocycles. The Balaban J connectivity index is 0. The molecular weight excluding hydrogens is 314 g/mol. The number of unbranched alkanes of at least 4 members (excludes halogenated alkanes) is 5. The Morgan fingerprint density at radius 3 is 1.76 bits per heavy atom. The van der Waals surface area contributed by atoms with E-state index in [1.165, 1.54) is 38.5 Å². The van der Waals surface area contributed by atoms with Gasteiger partial charge in [0.15, 0.2) is 0 Å². The van der Waals surface area contributed by atoms with Gasteiger partial charge >= 0.3 is 10.4 Å². The van der Waals surface area contributed by atoms with Crippen molar-refractivity contribution in [3.05, 3.63) is 35.4 Å². The smallest absolute Gasteiger partial charge is 0.330 e. The Morgan fingerprint density at radius 1 is 1.00 bits per heavy atom. The van der Waals surface area contributed by atoms with Crippen LogP contribution >= 0.6 is 11.6 Å². The Labute approximate surface area is 133 Å². The predicted octanol–water partition coefficient (Wildman–Crippen LogP) is 3.99. The lowest BCUT2D eigenvalue weighted by Crippen LogP contribution is -1.97. The van der Waals surface area contributed by atoms with Gasteiger partial charge < -0.3 is 5.73 Å². The molecule has 124 valence electrons. The van der Waals surface area contributed by atoms with Gasteiger partial charge in [0.05, 0.1) is 0 Å². The number of nitrogens with two attached hydrogens (primary N) is 1. The third-order valence-corrected chi connectivity index (χ3v) is 2.54. The Bertz CT molecular complexity index is 398. The molecule has 0 radical (unpaired) electrons. The summed E-state index contributed by atoms with van der Waals surface area (Å²) in [4.78, 5) is 0. The zero-order chi connectivity index (χ0) is 16.6. The molecule has 0 aliphatic rings. The molecule has 1 rings (SSSR count). The van der Waals surface area contributed by atoms with E-state index in [0.29, 0.717) is 0 Å². The lowest BCUT2D eigenvalue weighted by Gasteiger charge is -1.96. The molecule has 0 unspecified atom stereocenters. The summed E-state index contributed by atoms with van der Waals surface area (Å²) in [5.41, 5.74) is 5.34. The van der Waals surface area contributed by atoms with Crippen LogP contribution in [0.25, 0.3) is 0 Å². The molecular formula is C14H26ClNO4S. The van der Waals surface area contributed by atoms with Gasteiger partial charge in [-0.25, -0.2) is 0 Å². The fourth-order valence-electron chi connectivity index (χ4n) is 1.34. The van der Waals surface area contributed by atoms with E-state index in [-0.39, 0.29) is 0 Å². The highest BCUT2D eigenvalue weighted by molar-refractivity contribution is 7.79. The van der Waals surface area contributed by atoms with Gasteiger partial charge in [0, 0.05) is 5.02 Å². The van der Waals surface area contributed by atoms with Crippen molar-refractivity contribution < 1.29 is 17.5 Å². The second-order valence-electron chi connectivity index (χ2n) is 4.30. The first-order chi connectivity index (χ1) is 9.81. The van der Waals surface area contributed by atoms with E-state index in [0.717, 1.165) is 11.6 Å². The van der Waals surface area contributed by atoms with Crippen molar-refractivity contribution in [3.8, 4) is 0 Å². The minimum Gasteiger partial charge on any atom is -0.330 e. The zero-order valence-corrected chi connectivity index (χ0v) is 14.0. The van der Waals surface area contributed by atoms with Gasteiger partial charge in [-0.05, 0) is 25.1 Å². The van der Waals surface area contributed by atoms with Gasteiger partial charge in [0.1, 0.15) is 0 Å². The van der Waals surface area contributed by atoms with Crippen molar-refractivity contribution in [2.24, 2.45) is 5.73 Å². The van der Waals surface area contributed by atoms with Crippen LogP contribution in [0, 0.1) is 0 Å². The molecule has 0 aliphatic carbocycles. The van der Waals surface area contributed by atoms with Crippen molar-refractivity contribution in [3.63, 3.8) is 0 Å². The molecule has 7 heteroatoms. The molecule has 1 aromatic rings. The highest BCUT2D eigenvalue weighted by atomic mass is 35.5. The van der Waals surface area contributed by atoms with Crippen molar-refractivity contribution in [1.29, 1.82) is 0 Å². The monoisotopic (exact) mass is 339 g/mol. The molecule has 0 fully saturated rings. The van der Waals surface area contributed by atoms with E-state index in [2.05, 4.69) is 6.92 Å². The highest BCUT2D eigenvalue weighted by Crippen LogP contribution is 2.04. The third kappa shape index (κ3) is 32.7. The standard InChI is InChI=1S/C8H19N.C6H5Cl.H2O4S/c1-2-3-4-5-6-7-8-9;7-6-4-2-1-3-5-6;1-5(2,3)4/h2-9H2,1H3;1-5H;(H2,1,2,3,4). The Morgan fingerprint density at radius 2 is 1.43 bits per heavy atom. The maximum Gasteiger partial charge on any atom is 0.394 e. The van der Waals surface area contributed by atoms with Gasteiger partial charge in [-0.3, -0.25) is 9.11 Å². The molecule has 1 aromatic carbocycles. The van der Waals surface area contributed by atoms with Crippen LogP contribution in [0.1, 0.15) is 45.4 Å².